The Hall–Kier alpha value is 1.38. The summed E-state index contributed by atoms with van der Waals surface area (Å²) in [6.07, 6.45) is 0. The van der Waals surface area contributed by atoms with Gasteiger partial charge in [-0.15, -0.1) is 46.4 Å². The molecule has 0 atom stereocenters. The molecule has 0 aliphatic carbocycles. The van der Waals surface area contributed by atoms with Crippen molar-refractivity contribution in [2.45, 2.75) is 6.92 Å². The molecule has 14 heteroatoms. The Balaban J connectivity index is 0. The van der Waals surface area contributed by atoms with Crippen molar-refractivity contribution in [2.24, 2.45) is 0 Å². The van der Waals surface area contributed by atoms with Crippen LogP contribution in [0.2, 0.25) is 0 Å². The van der Waals surface area contributed by atoms with Crippen molar-refractivity contribution < 1.29 is 36.6 Å². The first-order chi connectivity index (χ1) is 11.3. The largest absolute Gasteiger partial charge is 0.474 e. The number of halogens is 4. The second kappa shape index (κ2) is 17.8. The highest BCUT2D eigenvalue weighted by molar-refractivity contribution is 7.48. The molecule has 0 unspecified atom stereocenters. The lowest BCUT2D eigenvalue weighted by Crippen LogP contribution is -2.03. The van der Waals surface area contributed by atoms with Crippen molar-refractivity contribution in [1.82, 2.24) is 0 Å². The maximum atomic E-state index is 11.5. The summed E-state index contributed by atoms with van der Waals surface area (Å²) in [4.78, 5) is 8.77. The zero-order chi connectivity index (χ0) is 18.9. The fourth-order valence-electron chi connectivity index (χ4n) is 0.900. The number of alkyl halides is 4. The van der Waals surface area contributed by atoms with Crippen LogP contribution < -0.4 is 0 Å². The molecule has 0 heterocycles. The quantitative estimate of drug-likeness (QED) is 0.295. The molecule has 0 aromatic heterocycles. The van der Waals surface area contributed by atoms with Crippen LogP contribution in [0.5, 0.6) is 0 Å². The topological polar surface area (TPSA) is 101 Å². The molecule has 1 N–H and O–H groups in total. The molecule has 0 amide bonds. The molecule has 0 aromatic rings. The molecule has 0 aliphatic heterocycles. The first-order valence-corrected chi connectivity index (χ1v) is 11.8. The van der Waals surface area contributed by atoms with E-state index in [2.05, 4.69) is 9.05 Å². The van der Waals surface area contributed by atoms with Crippen LogP contribution in [0.4, 0.5) is 0 Å². The number of phosphoric ester groups is 2. The summed E-state index contributed by atoms with van der Waals surface area (Å²) in [5.41, 5.74) is 0. The van der Waals surface area contributed by atoms with Gasteiger partial charge in [0.1, 0.15) is 0 Å². The van der Waals surface area contributed by atoms with Gasteiger partial charge in [0.15, 0.2) is 0 Å². The first kappa shape index (κ1) is 27.6. The molecule has 0 bridgehead atoms. The van der Waals surface area contributed by atoms with E-state index in [4.69, 9.17) is 64.9 Å². The molecule has 0 aliphatic rings. The molecule has 0 saturated heterocycles. The van der Waals surface area contributed by atoms with E-state index in [-0.39, 0.29) is 56.6 Å². The highest BCUT2D eigenvalue weighted by atomic mass is 35.5. The van der Waals surface area contributed by atoms with Gasteiger partial charge in [0.05, 0.1) is 33.0 Å². The van der Waals surface area contributed by atoms with E-state index >= 15 is 0 Å². The average Bonchev–Trinajstić information content (AvgIpc) is 2.56. The normalized spacial score (nSPS) is 11.9. The van der Waals surface area contributed by atoms with Crippen LogP contribution in [0.25, 0.3) is 0 Å². The summed E-state index contributed by atoms with van der Waals surface area (Å²) in [5, 5.41) is 0. The van der Waals surface area contributed by atoms with E-state index < -0.39 is 15.6 Å². The van der Waals surface area contributed by atoms with Gasteiger partial charge in [-0.05, 0) is 6.92 Å². The molecule has 8 nitrogen and oxygen atoms in total. The van der Waals surface area contributed by atoms with Gasteiger partial charge in [0.25, 0.3) is 0 Å². The molecule has 0 rings (SSSR count). The molecule has 148 valence electrons. The number of rotatable bonds is 14. The third kappa shape index (κ3) is 18.2. The minimum absolute atomic E-state index is 0.0163. The maximum absolute atomic E-state index is 11.5. The number of hydrogen-bond donors (Lipinski definition) is 1. The van der Waals surface area contributed by atoms with E-state index in [0.29, 0.717) is 0 Å². The molecule has 0 aromatic carbocycles. The van der Waals surface area contributed by atoms with Crippen LogP contribution in [-0.4, -0.2) is 61.4 Å². The molecule has 0 spiro atoms. The van der Waals surface area contributed by atoms with Crippen LogP contribution in [0.15, 0.2) is 0 Å². The summed E-state index contributed by atoms with van der Waals surface area (Å²) in [6.45, 7) is 2.17. The van der Waals surface area contributed by atoms with E-state index in [1.165, 1.54) is 0 Å². The summed E-state index contributed by atoms with van der Waals surface area (Å²) in [6, 6.07) is 0. The van der Waals surface area contributed by atoms with Gasteiger partial charge in [-0.2, -0.15) is 0 Å². The predicted molar refractivity (Wildman–Crippen MR) is 95.7 cm³/mol. The average molecular weight is 474 g/mol. The van der Waals surface area contributed by atoms with Crippen molar-refractivity contribution in [3.63, 3.8) is 0 Å². The minimum Gasteiger partial charge on any atom is -0.302 e. The van der Waals surface area contributed by atoms with Crippen molar-refractivity contribution in [3.05, 3.63) is 0 Å². The van der Waals surface area contributed by atoms with Gasteiger partial charge < -0.3 is 4.89 Å². The van der Waals surface area contributed by atoms with Gasteiger partial charge in [0.2, 0.25) is 0 Å². The van der Waals surface area contributed by atoms with Gasteiger partial charge in [0, 0.05) is 23.5 Å². The van der Waals surface area contributed by atoms with Crippen LogP contribution in [-0.2, 0) is 31.7 Å². The number of hydrogen-bond acceptors (Lipinski definition) is 7. The molecule has 0 fully saturated rings. The van der Waals surface area contributed by atoms with Gasteiger partial charge >= 0.3 is 15.6 Å². The highest BCUT2D eigenvalue weighted by Crippen LogP contribution is 2.49. The fraction of sp³-hybridized carbons (Fsp3) is 1.00. The standard InChI is InChI=1S/C6H13Cl2O4P.C4H9Cl2O4P/c1-2-10-13(9,11-5-3-7)12-6-4-8;5-1-3-9-11(7,8)10-4-2-6/h2-6H2,1H3;1-4H2,(H,7,8). The maximum Gasteiger partial charge on any atom is 0.474 e. The Morgan fingerprint density at radius 1 is 0.708 bits per heavy atom. The highest BCUT2D eigenvalue weighted by Gasteiger charge is 2.25. The molecule has 24 heavy (non-hydrogen) atoms. The lowest BCUT2D eigenvalue weighted by molar-refractivity contribution is 0.127. The molecule has 0 saturated carbocycles. The second-order valence-corrected chi connectivity index (χ2v) is 8.06. The van der Waals surface area contributed by atoms with Crippen LogP contribution in [0.3, 0.4) is 0 Å². The summed E-state index contributed by atoms with van der Waals surface area (Å²) >= 11 is 21.1. The Bertz CT molecular complexity index is 353. The Morgan fingerprint density at radius 2 is 1.04 bits per heavy atom. The Morgan fingerprint density at radius 3 is 1.33 bits per heavy atom. The van der Waals surface area contributed by atoms with Crippen molar-refractivity contribution in [1.29, 1.82) is 0 Å². The molecular weight excluding hydrogens is 452 g/mol. The van der Waals surface area contributed by atoms with Crippen LogP contribution in [0.1, 0.15) is 6.92 Å². The Kier molecular flexibility index (Phi) is 20.4. The lowest BCUT2D eigenvalue weighted by Gasteiger charge is -2.15. The van der Waals surface area contributed by atoms with Crippen LogP contribution in [0, 0.1) is 0 Å². The summed E-state index contributed by atoms with van der Waals surface area (Å²) in [7, 11) is -7.32. The van der Waals surface area contributed by atoms with E-state index in [1.807, 2.05) is 0 Å². The summed E-state index contributed by atoms with van der Waals surface area (Å²) < 4.78 is 45.5. The minimum atomic E-state index is -3.89. The van der Waals surface area contributed by atoms with Crippen molar-refractivity contribution in [3.8, 4) is 0 Å². The summed E-state index contributed by atoms with van der Waals surface area (Å²) in [5.74, 6) is 0.770. The molecular formula is C10H22Cl4O8P2. The SMILES string of the molecule is CCOP(=O)(OCCCl)OCCCl.O=P(O)(OCCCl)OCCCl. The van der Waals surface area contributed by atoms with E-state index in [9.17, 15) is 9.13 Å². The van der Waals surface area contributed by atoms with Crippen LogP contribution >= 0.6 is 62.0 Å². The van der Waals surface area contributed by atoms with Gasteiger partial charge in [-0.25, -0.2) is 9.13 Å². The molecule has 0 radical (unpaired) electrons. The Labute approximate surface area is 162 Å². The van der Waals surface area contributed by atoms with E-state index in [1.54, 1.807) is 6.92 Å². The first-order valence-electron chi connectivity index (χ1n) is 6.70. The monoisotopic (exact) mass is 472 g/mol. The smallest absolute Gasteiger partial charge is 0.302 e. The fourth-order valence-corrected chi connectivity index (χ4v) is 3.53. The zero-order valence-electron chi connectivity index (χ0n) is 13.1. The van der Waals surface area contributed by atoms with Crippen molar-refractivity contribution >= 4 is 62.0 Å². The zero-order valence-corrected chi connectivity index (χ0v) is 17.9. The predicted octanol–water partition coefficient (Wildman–Crippen LogP) is 4.24. The second-order valence-electron chi connectivity index (χ2n) is 3.42. The van der Waals surface area contributed by atoms with Crippen molar-refractivity contribution in [2.75, 3.05) is 56.6 Å². The third-order valence-corrected chi connectivity index (χ3v) is 4.81. The number of phosphoric acid groups is 2. The third-order valence-electron chi connectivity index (χ3n) is 1.60. The van der Waals surface area contributed by atoms with Gasteiger partial charge in [-0.1, -0.05) is 0 Å². The lowest BCUT2D eigenvalue weighted by atomic mass is 10.9. The van der Waals surface area contributed by atoms with E-state index in [0.717, 1.165) is 0 Å². The van der Waals surface area contributed by atoms with Gasteiger partial charge in [-0.3, -0.25) is 22.6 Å².